The number of aromatic nitrogens is 1. The lowest BCUT2D eigenvalue weighted by atomic mass is 9.85. The highest BCUT2D eigenvalue weighted by atomic mass is 16.3. The van der Waals surface area contributed by atoms with Crippen LogP contribution in [-0.2, 0) is 5.41 Å². The van der Waals surface area contributed by atoms with E-state index < -0.39 is 0 Å². The Hall–Kier alpha value is -2.87. The van der Waals surface area contributed by atoms with E-state index in [4.69, 9.17) is 9.40 Å². The lowest BCUT2D eigenvalue weighted by Crippen LogP contribution is -2.11. The third-order valence-electron chi connectivity index (χ3n) is 5.04. The highest BCUT2D eigenvalue weighted by Gasteiger charge is 2.17. The summed E-state index contributed by atoms with van der Waals surface area (Å²) in [6.45, 7) is 11.0. The van der Waals surface area contributed by atoms with Crippen molar-refractivity contribution in [3.63, 3.8) is 0 Å². The first-order valence-corrected chi connectivity index (χ1v) is 9.41. The fourth-order valence-electron chi connectivity index (χ4n) is 3.48. The smallest absolute Gasteiger partial charge is 0.153 e. The number of hydrogen-bond acceptors (Lipinski definition) is 2. The van der Waals surface area contributed by atoms with Gasteiger partial charge in [0.15, 0.2) is 5.58 Å². The van der Waals surface area contributed by atoms with Crippen LogP contribution in [0.5, 0.6) is 0 Å². The molecule has 0 aliphatic carbocycles. The van der Waals surface area contributed by atoms with Crippen molar-refractivity contribution in [2.45, 2.75) is 40.0 Å². The van der Waals surface area contributed by atoms with Gasteiger partial charge in [-0.2, -0.15) is 0 Å². The van der Waals surface area contributed by atoms with Gasteiger partial charge >= 0.3 is 0 Å². The van der Waals surface area contributed by atoms with Crippen LogP contribution in [0.15, 0.2) is 65.1 Å². The minimum atomic E-state index is 0.108. The third kappa shape index (κ3) is 3.28. The zero-order chi connectivity index (χ0) is 19.2. The van der Waals surface area contributed by atoms with Gasteiger partial charge in [0, 0.05) is 16.7 Å². The first-order valence-electron chi connectivity index (χ1n) is 9.41. The van der Waals surface area contributed by atoms with E-state index in [1.807, 2.05) is 24.3 Å². The van der Waals surface area contributed by atoms with Crippen LogP contribution in [0, 0.1) is 13.8 Å². The molecule has 0 bridgehead atoms. The Morgan fingerprint density at radius 2 is 1.56 bits per heavy atom. The van der Waals surface area contributed by atoms with E-state index in [2.05, 4.69) is 71.0 Å². The van der Waals surface area contributed by atoms with E-state index in [0.717, 1.165) is 39.2 Å². The van der Waals surface area contributed by atoms with Gasteiger partial charge in [-0.1, -0.05) is 62.7 Å². The fraction of sp³-hybridized carbons (Fsp3) is 0.240. The van der Waals surface area contributed by atoms with Gasteiger partial charge in [0.2, 0.25) is 0 Å². The summed E-state index contributed by atoms with van der Waals surface area (Å²) in [5, 5.41) is 0. The van der Waals surface area contributed by atoms with Crippen LogP contribution in [0.1, 0.15) is 37.5 Å². The first-order chi connectivity index (χ1) is 12.8. The molecule has 0 saturated carbocycles. The molecule has 136 valence electrons. The molecule has 0 aliphatic rings. The molecule has 2 aromatic heterocycles. The van der Waals surface area contributed by atoms with Crippen LogP contribution in [0.3, 0.4) is 0 Å². The molecule has 0 saturated heterocycles. The van der Waals surface area contributed by atoms with Crippen molar-refractivity contribution < 1.29 is 4.42 Å². The lowest BCUT2D eigenvalue weighted by molar-refractivity contribution is 0.590. The molecule has 0 spiro atoms. The Morgan fingerprint density at radius 3 is 2.26 bits per heavy atom. The molecule has 2 heterocycles. The summed E-state index contributed by atoms with van der Waals surface area (Å²) < 4.78 is 6.11. The van der Waals surface area contributed by atoms with Gasteiger partial charge in [-0.25, -0.2) is 4.98 Å². The van der Waals surface area contributed by atoms with Crippen LogP contribution in [0.25, 0.3) is 33.7 Å². The van der Waals surface area contributed by atoms with Crippen LogP contribution >= 0.6 is 0 Å². The average Bonchev–Trinajstić information content (AvgIpc) is 2.97. The Labute approximate surface area is 160 Å². The molecular formula is C25H25NO. The minimum absolute atomic E-state index is 0.108. The van der Waals surface area contributed by atoms with E-state index in [1.165, 1.54) is 11.1 Å². The van der Waals surface area contributed by atoms with Gasteiger partial charge in [-0.15, -0.1) is 0 Å². The maximum Gasteiger partial charge on any atom is 0.153 e. The van der Waals surface area contributed by atoms with Crippen molar-refractivity contribution >= 4 is 11.1 Å². The van der Waals surface area contributed by atoms with Gasteiger partial charge in [0.1, 0.15) is 11.3 Å². The summed E-state index contributed by atoms with van der Waals surface area (Å²) in [5.41, 5.74) is 8.77. The predicted octanol–water partition coefficient (Wildman–Crippen LogP) is 7.08. The van der Waals surface area contributed by atoms with Gasteiger partial charge in [-0.05, 0) is 49.1 Å². The molecule has 4 rings (SSSR count). The number of rotatable bonds is 2. The Bertz CT molecular complexity index is 1110. The molecule has 27 heavy (non-hydrogen) atoms. The first kappa shape index (κ1) is 17.5. The van der Waals surface area contributed by atoms with Crippen LogP contribution < -0.4 is 0 Å². The number of furan rings is 1. The lowest BCUT2D eigenvalue weighted by Gasteiger charge is -2.20. The van der Waals surface area contributed by atoms with E-state index in [-0.39, 0.29) is 5.41 Å². The molecule has 0 unspecified atom stereocenters. The fourth-order valence-corrected chi connectivity index (χ4v) is 3.48. The molecule has 2 nitrogen and oxygen atoms in total. The second-order valence-corrected chi connectivity index (χ2v) is 8.30. The molecule has 4 aromatic rings. The van der Waals surface area contributed by atoms with E-state index in [1.54, 1.807) is 0 Å². The van der Waals surface area contributed by atoms with Crippen molar-refractivity contribution in [1.29, 1.82) is 0 Å². The maximum absolute atomic E-state index is 6.11. The molecule has 0 N–H and O–H groups in total. The highest BCUT2D eigenvalue weighted by molar-refractivity contribution is 5.86. The number of hydrogen-bond donors (Lipinski definition) is 0. The quantitative estimate of drug-likeness (QED) is 0.384. The summed E-state index contributed by atoms with van der Waals surface area (Å²) in [6, 6.07) is 21.0. The SMILES string of the molecule is Cc1cc(-c2ccc3oc(-c4ccccc4)c(C)c3n2)cc(C(C)(C)C)c1. The Morgan fingerprint density at radius 1 is 0.815 bits per heavy atom. The Balaban J connectivity index is 1.85. The molecule has 0 aliphatic heterocycles. The Kier molecular flexibility index (Phi) is 4.15. The van der Waals surface area contributed by atoms with Gasteiger partial charge in [0.25, 0.3) is 0 Å². The van der Waals surface area contributed by atoms with Crippen molar-refractivity contribution in [3.05, 3.63) is 77.4 Å². The second kappa shape index (κ2) is 6.38. The van der Waals surface area contributed by atoms with Crippen LogP contribution in [-0.4, -0.2) is 4.98 Å². The third-order valence-corrected chi connectivity index (χ3v) is 5.04. The second-order valence-electron chi connectivity index (χ2n) is 8.30. The van der Waals surface area contributed by atoms with Crippen molar-refractivity contribution in [3.8, 4) is 22.6 Å². The highest BCUT2D eigenvalue weighted by Crippen LogP contribution is 2.34. The summed E-state index contributed by atoms with van der Waals surface area (Å²) in [5.74, 6) is 0.898. The van der Waals surface area contributed by atoms with Crippen molar-refractivity contribution in [1.82, 2.24) is 4.98 Å². The van der Waals surface area contributed by atoms with Crippen molar-refractivity contribution in [2.24, 2.45) is 0 Å². The van der Waals surface area contributed by atoms with E-state index in [9.17, 15) is 0 Å². The molecule has 0 fully saturated rings. The largest absolute Gasteiger partial charge is 0.454 e. The van der Waals surface area contributed by atoms with Crippen LogP contribution in [0.4, 0.5) is 0 Å². The zero-order valence-electron chi connectivity index (χ0n) is 16.6. The summed E-state index contributed by atoms with van der Waals surface area (Å²) in [7, 11) is 0. The van der Waals surface area contributed by atoms with E-state index >= 15 is 0 Å². The van der Waals surface area contributed by atoms with Gasteiger partial charge < -0.3 is 4.42 Å². The van der Waals surface area contributed by atoms with Crippen molar-refractivity contribution in [2.75, 3.05) is 0 Å². The number of fused-ring (bicyclic) bond motifs is 1. The zero-order valence-corrected chi connectivity index (χ0v) is 16.6. The van der Waals surface area contributed by atoms with E-state index in [0.29, 0.717) is 0 Å². The minimum Gasteiger partial charge on any atom is -0.454 e. The summed E-state index contributed by atoms with van der Waals surface area (Å²) in [6.07, 6.45) is 0. The maximum atomic E-state index is 6.11. The average molecular weight is 355 g/mol. The number of nitrogens with zero attached hydrogens (tertiary/aromatic N) is 1. The molecule has 0 amide bonds. The summed E-state index contributed by atoms with van der Waals surface area (Å²) in [4.78, 5) is 4.96. The van der Waals surface area contributed by atoms with Crippen LogP contribution in [0.2, 0.25) is 0 Å². The number of aryl methyl sites for hydroxylation is 2. The topological polar surface area (TPSA) is 26.0 Å². The molecular weight excluding hydrogens is 330 g/mol. The normalized spacial score (nSPS) is 11.9. The molecule has 0 radical (unpaired) electrons. The standard InChI is InChI=1S/C25H25NO/c1-16-13-19(15-20(14-16)25(3,4)5)21-11-12-22-23(26-21)17(2)24(27-22)18-9-7-6-8-10-18/h6-15H,1-5H3. The summed E-state index contributed by atoms with van der Waals surface area (Å²) >= 11 is 0. The monoisotopic (exact) mass is 355 g/mol. The predicted molar refractivity (Wildman–Crippen MR) is 113 cm³/mol. The number of pyridine rings is 1. The number of benzene rings is 2. The molecule has 2 heteroatoms. The molecule has 2 aromatic carbocycles. The van der Waals surface area contributed by atoms with Gasteiger partial charge in [0.05, 0.1) is 5.69 Å². The molecule has 0 atom stereocenters. The van der Waals surface area contributed by atoms with Gasteiger partial charge in [-0.3, -0.25) is 0 Å².